The van der Waals surface area contributed by atoms with Gasteiger partial charge in [0, 0.05) is 43.0 Å². The highest BCUT2D eigenvalue weighted by Crippen LogP contribution is 2.26. The van der Waals surface area contributed by atoms with E-state index in [1.807, 2.05) is 84.6 Å². The summed E-state index contributed by atoms with van der Waals surface area (Å²) in [5.74, 6) is 0.799. The van der Waals surface area contributed by atoms with E-state index in [0.29, 0.717) is 18.5 Å². The average Bonchev–Trinajstić information content (AvgIpc) is 2.88. The monoisotopic (exact) mass is 471 g/mol. The summed E-state index contributed by atoms with van der Waals surface area (Å²) >= 11 is 0. The number of amides is 2. The minimum Gasteiger partial charge on any atom is -0.496 e. The summed E-state index contributed by atoms with van der Waals surface area (Å²) in [5.41, 5.74) is 4.37. The summed E-state index contributed by atoms with van der Waals surface area (Å²) in [6.45, 7) is 5.73. The van der Waals surface area contributed by atoms with Crippen LogP contribution >= 0.6 is 0 Å². The smallest absolute Gasteiger partial charge is 0.258 e. The quantitative estimate of drug-likeness (QED) is 0.519. The van der Waals surface area contributed by atoms with E-state index in [1.54, 1.807) is 12.0 Å². The van der Waals surface area contributed by atoms with Gasteiger partial charge in [-0.15, -0.1) is 0 Å². The lowest BCUT2D eigenvalue weighted by atomic mass is 10.1. The number of likely N-dealkylation sites (N-methyl/N-ethyl adjacent to an activating group) is 1. The fraction of sp³-hybridized carbons (Fsp3) is 0.310. The Morgan fingerprint density at radius 3 is 2.20 bits per heavy atom. The second-order valence-electron chi connectivity index (χ2n) is 9.10. The van der Waals surface area contributed by atoms with Crippen LogP contribution < -0.4 is 9.64 Å². The van der Waals surface area contributed by atoms with E-state index in [0.717, 1.165) is 54.3 Å². The zero-order valence-electron chi connectivity index (χ0n) is 20.7. The SMILES string of the molecule is COc1ccccc1CN(C(=O)c1ccc(C)cc1)c1ccc(CC(=O)N2CCN(C)CC2)cc1. The van der Waals surface area contributed by atoms with Crippen LogP contribution in [0.1, 0.15) is 27.0 Å². The predicted molar refractivity (Wildman–Crippen MR) is 139 cm³/mol. The molecular formula is C29H33N3O3. The van der Waals surface area contributed by atoms with Crippen molar-refractivity contribution in [3.8, 4) is 5.75 Å². The molecule has 0 radical (unpaired) electrons. The molecule has 3 aromatic carbocycles. The highest BCUT2D eigenvalue weighted by atomic mass is 16.5. The Bertz CT molecular complexity index is 1150. The van der Waals surface area contributed by atoms with Crippen molar-refractivity contribution in [2.75, 3.05) is 45.2 Å². The third-order valence-electron chi connectivity index (χ3n) is 6.52. The maximum Gasteiger partial charge on any atom is 0.258 e. The van der Waals surface area contributed by atoms with E-state index in [9.17, 15) is 9.59 Å². The zero-order valence-corrected chi connectivity index (χ0v) is 20.7. The lowest BCUT2D eigenvalue weighted by molar-refractivity contribution is -0.132. The summed E-state index contributed by atoms with van der Waals surface area (Å²) in [6.07, 6.45) is 0.364. The van der Waals surface area contributed by atoms with Gasteiger partial charge in [-0.3, -0.25) is 9.59 Å². The number of para-hydroxylation sites is 1. The van der Waals surface area contributed by atoms with Gasteiger partial charge in [0.05, 0.1) is 20.1 Å². The Labute approximate surface area is 207 Å². The molecule has 1 aliphatic heterocycles. The van der Waals surface area contributed by atoms with Gasteiger partial charge in [-0.2, -0.15) is 0 Å². The van der Waals surface area contributed by atoms with Crippen molar-refractivity contribution in [3.05, 3.63) is 95.1 Å². The van der Waals surface area contributed by atoms with Crippen LogP contribution in [0.4, 0.5) is 5.69 Å². The molecule has 0 bridgehead atoms. The van der Waals surface area contributed by atoms with Gasteiger partial charge in [0.15, 0.2) is 0 Å². The van der Waals surface area contributed by atoms with E-state index in [-0.39, 0.29) is 11.8 Å². The number of carbonyl (C=O) groups is 2. The molecule has 4 rings (SSSR count). The van der Waals surface area contributed by atoms with Gasteiger partial charge in [-0.1, -0.05) is 48.0 Å². The molecule has 1 fully saturated rings. The fourth-order valence-electron chi connectivity index (χ4n) is 4.27. The molecule has 0 aliphatic carbocycles. The van der Waals surface area contributed by atoms with Gasteiger partial charge in [-0.05, 0) is 49.9 Å². The van der Waals surface area contributed by atoms with Crippen molar-refractivity contribution in [2.45, 2.75) is 19.9 Å². The molecule has 0 N–H and O–H groups in total. The molecule has 0 saturated carbocycles. The van der Waals surface area contributed by atoms with Crippen LogP contribution in [-0.4, -0.2) is 62.0 Å². The summed E-state index contributed by atoms with van der Waals surface area (Å²) < 4.78 is 5.53. The molecule has 6 nitrogen and oxygen atoms in total. The summed E-state index contributed by atoms with van der Waals surface area (Å²) in [4.78, 5) is 32.3. The van der Waals surface area contributed by atoms with E-state index in [4.69, 9.17) is 4.74 Å². The van der Waals surface area contributed by atoms with Crippen molar-refractivity contribution in [2.24, 2.45) is 0 Å². The minimum atomic E-state index is -0.0860. The first-order valence-electron chi connectivity index (χ1n) is 12.0. The average molecular weight is 472 g/mol. The Morgan fingerprint density at radius 1 is 0.886 bits per heavy atom. The number of methoxy groups -OCH3 is 1. The molecule has 3 aromatic rings. The number of ether oxygens (including phenoxy) is 1. The predicted octanol–water partition coefficient (Wildman–Crippen LogP) is 4.17. The van der Waals surface area contributed by atoms with Crippen molar-refractivity contribution >= 4 is 17.5 Å². The first-order chi connectivity index (χ1) is 16.9. The van der Waals surface area contributed by atoms with Crippen molar-refractivity contribution in [3.63, 3.8) is 0 Å². The number of anilines is 1. The molecule has 2 amide bonds. The molecular weight excluding hydrogens is 438 g/mol. The number of hydrogen-bond acceptors (Lipinski definition) is 4. The molecule has 1 aliphatic rings. The van der Waals surface area contributed by atoms with Crippen LogP contribution in [0.3, 0.4) is 0 Å². The number of carbonyl (C=O) groups excluding carboxylic acids is 2. The maximum absolute atomic E-state index is 13.6. The van der Waals surface area contributed by atoms with Crippen molar-refractivity contribution < 1.29 is 14.3 Å². The lowest BCUT2D eigenvalue weighted by Crippen LogP contribution is -2.47. The normalized spacial score (nSPS) is 14.0. The van der Waals surface area contributed by atoms with Crippen LogP contribution in [0.15, 0.2) is 72.8 Å². The van der Waals surface area contributed by atoms with E-state index >= 15 is 0 Å². The van der Waals surface area contributed by atoms with Crippen molar-refractivity contribution in [1.82, 2.24) is 9.80 Å². The van der Waals surface area contributed by atoms with Crippen LogP contribution in [0.5, 0.6) is 5.75 Å². The molecule has 0 atom stereocenters. The van der Waals surface area contributed by atoms with Gasteiger partial charge in [0.25, 0.3) is 5.91 Å². The molecule has 0 unspecified atom stereocenters. The summed E-state index contributed by atoms with van der Waals surface area (Å²) in [7, 11) is 3.71. The second kappa shape index (κ2) is 11.2. The zero-order chi connectivity index (χ0) is 24.8. The molecule has 1 saturated heterocycles. The first-order valence-corrected chi connectivity index (χ1v) is 12.0. The number of rotatable bonds is 7. The molecule has 1 heterocycles. The highest BCUT2D eigenvalue weighted by Gasteiger charge is 2.21. The van der Waals surface area contributed by atoms with Gasteiger partial charge in [0.1, 0.15) is 5.75 Å². The fourth-order valence-corrected chi connectivity index (χ4v) is 4.27. The Balaban J connectivity index is 1.56. The van der Waals surface area contributed by atoms with E-state index in [2.05, 4.69) is 11.9 Å². The van der Waals surface area contributed by atoms with Crippen LogP contribution in [0, 0.1) is 6.92 Å². The Kier molecular flexibility index (Phi) is 7.83. The number of hydrogen-bond donors (Lipinski definition) is 0. The van der Waals surface area contributed by atoms with Gasteiger partial charge in [0.2, 0.25) is 5.91 Å². The highest BCUT2D eigenvalue weighted by molar-refractivity contribution is 6.06. The number of nitrogens with zero attached hydrogens (tertiary/aromatic N) is 3. The van der Waals surface area contributed by atoms with E-state index in [1.165, 1.54) is 0 Å². The third kappa shape index (κ3) is 6.08. The summed E-state index contributed by atoms with van der Waals surface area (Å²) in [6, 6.07) is 23.1. The minimum absolute atomic E-state index is 0.0860. The third-order valence-corrected chi connectivity index (χ3v) is 6.52. The van der Waals surface area contributed by atoms with Gasteiger partial charge < -0.3 is 19.4 Å². The summed E-state index contributed by atoms with van der Waals surface area (Å²) in [5, 5.41) is 0. The van der Waals surface area contributed by atoms with Crippen LogP contribution in [0.2, 0.25) is 0 Å². The Hall–Kier alpha value is -3.64. The maximum atomic E-state index is 13.6. The van der Waals surface area contributed by atoms with E-state index < -0.39 is 0 Å². The van der Waals surface area contributed by atoms with Crippen LogP contribution in [-0.2, 0) is 17.8 Å². The number of aryl methyl sites for hydroxylation is 1. The molecule has 35 heavy (non-hydrogen) atoms. The number of benzene rings is 3. The molecule has 0 aromatic heterocycles. The Morgan fingerprint density at radius 2 is 1.54 bits per heavy atom. The second-order valence-corrected chi connectivity index (χ2v) is 9.10. The standard InChI is InChI=1S/C29H33N3O3/c1-22-8-12-24(13-9-22)29(34)32(21-25-6-4-5-7-27(25)35-3)26-14-10-23(11-15-26)20-28(33)31-18-16-30(2)17-19-31/h4-15H,16-21H2,1-3H3. The molecule has 6 heteroatoms. The lowest BCUT2D eigenvalue weighted by Gasteiger charge is -2.32. The van der Waals surface area contributed by atoms with Gasteiger partial charge >= 0.3 is 0 Å². The molecule has 0 spiro atoms. The van der Waals surface area contributed by atoms with Crippen LogP contribution in [0.25, 0.3) is 0 Å². The van der Waals surface area contributed by atoms with Crippen molar-refractivity contribution in [1.29, 1.82) is 0 Å². The molecule has 182 valence electrons. The topological polar surface area (TPSA) is 53.1 Å². The largest absolute Gasteiger partial charge is 0.496 e. The number of piperazine rings is 1. The van der Waals surface area contributed by atoms with Gasteiger partial charge in [-0.25, -0.2) is 0 Å². The first kappa shape index (κ1) is 24.5.